The Morgan fingerprint density at radius 3 is 2.48 bits per heavy atom. The molecule has 3 heterocycles. The number of pyridine rings is 1. The Morgan fingerprint density at radius 2 is 1.76 bits per heavy atom. The van der Waals surface area contributed by atoms with Crippen molar-refractivity contribution in [3.63, 3.8) is 0 Å². The van der Waals surface area contributed by atoms with Gasteiger partial charge in [0, 0.05) is 42.0 Å². The molecule has 0 amide bonds. The fourth-order valence-electron chi connectivity index (χ4n) is 3.80. The van der Waals surface area contributed by atoms with Crippen molar-refractivity contribution in [2.75, 3.05) is 0 Å². The minimum absolute atomic E-state index is 0.373. The van der Waals surface area contributed by atoms with Gasteiger partial charge in [0.05, 0.1) is 5.56 Å². The second-order valence-corrected chi connectivity index (χ2v) is 8.17. The van der Waals surface area contributed by atoms with Gasteiger partial charge < -0.3 is 4.74 Å². The van der Waals surface area contributed by atoms with E-state index >= 15 is 4.39 Å². The first kappa shape index (κ1) is 20.8. The van der Waals surface area contributed by atoms with Crippen molar-refractivity contribution in [2.45, 2.75) is 26.4 Å². The highest BCUT2D eigenvalue weighted by Crippen LogP contribution is 2.36. The van der Waals surface area contributed by atoms with E-state index in [1.165, 1.54) is 11.6 Å². The molecule has 33 heavy (non-hydrogen) atoms. The Hall–Kier alpha value is -4.06. The van der Waals surface area contributed by atoms with E-state index in [9.17, 15) is 0 Å². The lowest BCUT2D eigenvalue weighted by Gasteiger charge is -2.10. The highest BCUT2D eigenvalue weighted by molar-refractivity contribution is 5.90. The number of benzene rings is 2. The maximum Gasteiger partial charge on any atom is 0.163 e. The number of hydrogen-bond acceptors (Lipinski definition) is 4. The Balaban J connectivity index is 1.46. The third-order valence-corrected chi connectivity index (χ3v) is 5.61. The number of rotatable bonds is 6. The SMILES string of the molecule is CC(C)c1ccc(COc2ccc(-c3c(-c4ccncc4)nn4cccnc34)c(F)c2)cc1. The van der Waals surface area contributed by atoms with E-state index in [-0.39, 0.29) is 0 Å². The third-order valence-electron chi connectivity index (χ3n) is 5.61. The summed E-state index contributed by atoms with van der Waals surface area (Å²) < 4.78 is 22.9. The minimum atomic E-state index is -0.390. The summed E-state index contributed by atoms with van der Waals surface area (Å²) in [6.45, 7) is 4.70. The Morgan fingerprint density at radius 1 is 0.970 bits per heavy atom. The molecule has 5 rings (SSSR count). The van der Waals surface area contributed by atoms with Crippen molar-refractivity contribution in [3.8, 4) is 28.1 Å². The van der Waals surface area contributed by atoms with Crippen LogP contribution in [0, 0.1) is 5.82 Å². The summed E-state index contributed by atoms with van der Waals surface area (Å²) >= 11 is 0. The van der Waals surface area contributed by atoms with Gasteiger partial charge in [-0.15, -0.1) is 0 Å². The van der Waals surface area contributed by atoms with Gasteiger partial charge in [-0.2, -0.15) is 5.10 Å². The van der Waals surface area contributed by atoms with Crippen LogP contribution in [0.2, 0.25) is 0 Å². The molecule has 5 nitrogen and oxygen atoms in total. The number of halogens is 1. The summed E-state index contributed by atoms with van der Waals surface area (Å²) in [5, 5.41) is 4.65. The smallest absolute Gasteiger partial charge is 0.163 e. The average Bonchev–Trinajstić information content (AvgIpc) is 3.23. The summed E-state index contributed by atoms with van der Waals surface area (Å²) in [6.07, 6.45) is 6.86. The predicted octanol–water partition coefficient (Wildman–Crippen LogP) is 6.30. The number of fused-ring (bicyclic) bond motifs is 1. The van der Waals surface area contributed by atoms with Crippen LogP contribution in [-0.4, -0.2) is 19.6 Å². The molecule has 0 aliphatic heterocycles. The highest BCUT2D eigenvalue weighted by Gasteiger charge is 2.20. The van der Waals surface area contributed by atoms with Crippen LogP contribution >= 0.6 is 0 Å². The molecule has 0 bridgehead atoms. The molecule has 6 heteroatoms. The molecule has 164 valence electrons. The molecule has 0 saturated heterocycles. The quantitative estimate of drug-likeness (QED) is 0.312. The summed E-state index contributed by atoms with van der Waals surface area (Å²) in [4.78, 5) is 8.52. The molecular weight excluding hydrogens is 415 g/mol. The summed E-state index contributed by atoms with van der Waals surface area (Å²) in [7, 11) is 0. The first-order chi connectivity index (χ1) is 16.1. The van der Waals surface area contributed by atoms with Crippen molar-refractivity contribution in [1.29, 1.82) is 0 Å². The lowest BCUT2D eigenvalue weighted by atomic mass is 10.0. The maximum absolute atomic E-state index is 15.3. The molecule has 0 atom stereocenters. The molecule has 0 fully saturated rings. The predicted molar refractivity (Wildman–Crippen MR) is 126 cm³/mol. The van der Waals surface area contributed by atoms with E-state index < -0.39 is 5.82 Å². The molecule has 0 unspecified atom stereocenters. The maximum atomic E-state index is 15.3. The number of hydrogen-bond donors (Lipinski definition) is 0. The van der Waals surface area contributed by atoms with Crippen LogP contribution in [0.1, 0.15) is 30.9 Å². The molecule has 2 aromatic carbocycles. The highest BCUT2D eigenvalue weighted by atomic mass is 19.1. The summed E-state index contributed by atoms with van der Waals surface area (Å²) in [6, 6.07) is 18.7. The van der Waals surface area contributed by atoms with Gasteiger partial charge in [0.15, 0.2) is 5.65 Å². The second-order valence-electron chi connectivity index (χ2n) is 8.17. The van der Waals surface area contributed by atoms with Crippen LogP contribution < -0.4 is 4.74 Å². The summed E-state index contributed by atoms with van der Waals surface area (Å²) in [5.74, 6) is 0.561. The van der Waals surface area contributed by atoms with Crippen LogP contribution in [0.15, 0.2) is 85.5 Å². The first-order valence-electron chi connectivity index (χ1n) is 10.9. The molecule has 0 aliphatic carbocycles. The van der Waals surface area contributed by atoms with E-state index in [1.54, 1.807) is 47.5 Å². The molecule has 3 aromatic heterocycles. The van der Waals surface area contributed by atoms with E-state index in [0.717, 1.165) is 11.1 Å². The topological polar surface area (TPSA) is 52.3 Å². The van der Waals surface area contributed by atoms with Crippen molar-refractivity contribution in [1.82, 2.24) is 19.6 Å². The van der Waals surface area contributed by atoms with Gasteiger partial charge in [-0.3, -0.25) is 4.98 Å². The Labute approximate surface area is 191 Å². The van der Waals surface area contributed by atoms with Crippen molar-refractivity contribution < 1.29 is 9.13 Å². The Bertz CT molecular complexity index is 1400. The standard InChI is InChI=1S/C27H23FN4O/c1-18(2)20-6-4-19(5-7-20)17-33-22-8-9-23(24(28)16-22)25-26(21-10-13-29-14-11-21)31-32-15-3-12-30-27(25)32/h3-16,18H,17H2,1-2H3. The molecule has 0 aliphatic rings. The minimum Gasteiger partial charge on any atom is -0.489 e. The fourth-order valence-corrected chi connectivity index (χ4v) is 3.80. The van der Waals surface area contributed by atoms with E-state index in [0.29, 0.717) is 40.7 Å². The normalized spacial score (nSPS) is 11.3. The largest absolute Gasteiger partial charge is 0.489 e. The molecular formula is C27H23FN4O. The van der Waals surface area contributed by atoms with Gasteiger partial charge >= 0.3 is 0 Å². The van der Waals surface area contributed by atoms with Gasteiger partial charge in [0.25, 0.3) is 0 Å². The Kier molecular flexibility index (Phi) is 5.57. The molecule has 0 radical (unpaired) electrons. The lowest BCUT2D eigenvalue weighted by molar-refractivity contribution is 0.304. The first-order valence-corrected chi connectivity index (χ1v) is 10.9. The fraction of sp³-hybridized carbons (Fsp3) is 0.148. The average molecular weight is 439 g/mol. The van der Waals surface area contributed by atoms with Crippen LogP contribution in [0.3, 0.4) is 0 Å². The van der Waals surface area contributed by atoms with Gasteiger partial charge in [0.2, 0.25) is 0 Å². The monoisotopic (exact) mass is 438 g/mol. The zero-order valence-corrected chi connectivity index (χ0v) is 18.4. The third kappa shape index (κ3) is 4.20. The van der Waals surface area contributed by atoms with Crippen LogP contribution in [-0.2, 0) is 6.61 Å². The molecule has 5 aromatic rings. The van der Waals surface area contributed by atoms with Gasteiger partial charge in [-0.1, -0.05) is 38.1 Å². The zero-order valence-electron chi connectivity index (χ0n) is 18.4. The van der Waals surface area contributed by atoms with Crippen molar-refractivity contribution >= 4 is 5.65 Å². The van der Waals surface area contributed by atoms with E-state index in [1.807, 2.05) is 24.3 Å². The van der Waals surface area contributed by atoms with Crippen LogP contribution in [0.4, 0.5) is 4.39 Å². The number of nitrogens with zero attached hydrogens (tertiary/aromatic N) is 4. The zero-order chi connectivity index (χ0) is 22.8. The molecule has 0 spiro atoms. The number of aromatic nitrogens is 4. The molecule has 0 saturated carbocycles. The van der Waals surface area contributed by atoms with Crippen molar-refractivity contribution in [3.05, 3.63) is 102 Å². The van der Waals surface area contributed by atoms with Crippen LogP contribution in [0.5, 0.6) is 5.75 Å². The lowest BCUT2D eigenvalue weighted by Crippen LogP contribution is -1.97. The van der Waals surface area contributed by atoms with E-state index in [2.05, 4.69) is 41.0 Å². The second kappa shape index (κ2) is 8.82. The van der Waals surface area contributed by atoms with Gasteiger partial charge in [0.1, 0.15) is 23.9 Å². The van der Waals surface area contributed by atoms with Gasteiger partial charge in [-0.05, 0) is 47.4 Å². The van der Waals surface area contributed by atoms with Crippen LogP contribution in [0.25, 0.3) is 28.0 Å². The summed E-state index contributed by atoms with van der Waals surface area (Å²) in [5.41, 5.74) is 5.45. The van der Waals surface area contributed by atoms with E-state index in [4.69, 9.17) is 4.74 Å². The molecule has 0 N–H and O–H groups in total. The number of ether oxygens (including phenoxy) is 1. The van der Waals surface area contributed by atoms with Crippen molar-refractivity contribution in [2.24, 2.45) is 0 Å². The van der Waals surface area contributed by atoms with Gasteiger partial charge in [-0.25, -0.2) is 13.9 Å².